The molecule has 3 aromatic carbocycles. The molecule has 50 heavy (non-hydrogen) atoms. The summed E-state index contributed by atoms with van der Waals surface area (Å²) in [5, 5.41) is 9.19. The molecule has 0 aliphatic carbocycles. The number of ether oxygens (including phenoxy) is 2. The minimum Gasteiger partial charge on any atom is -0.489 e. The molecule has 0 saturated carbocycles. The van der Waals surface area contributed by atoms with Crippen LogP contribution < -0.4 is 26.3 Å². The summed E-state index contributed by atoms with van der Waals surface area (Å²) in [7, 11) is 3.70. The predicted molar refractivity (Wildman–Crippen MR) is 173 cm³/mol. The Kier molecular flexibility index (Phi) is 10.6. The number of anilines is 2. The summed E-state index contributed by atoms with van der Waals surface area (Å²) in [5.41, 5.74) is 2.96. The molecule has 1 aliphatic rings. The maximum atomic E-state index is 16.3. The Labute approximate surface area is 283 Å². The molecule has 264 valence electrons. The average Bonchev–Trinajstić information content (AvgIpc) is 3.69. The van der Waals surface area contributed by atoms with Gasteiger partial charge in [0.05, 0.1) is 23.1 Å². The number of hydrogen-bond donors (Lipinski definition) is 3. The lowest BCUT2D eigenvalue weighted by atomic mass is 10.00. The van der Waals surface area contributed by atoms with Crippen LogP contribution >= 0.6 is 0 Å². The molecular formula is C33H33F4N7O6. The van der Waals surface area contributed by atoms with Crippen LogP contribution in [0.2, 0.25) is 0 Å². The standard InChI is InChI=1S/C33H33F4N7O6/c1-5-20-16-24(27(34)26(17-20)48-15-14-42(3)4)28(38-21-10-12-22(13-11-21)43-18-19(2)50-41-43)29-39-32(47)44(40-29)25-9-7-6-8-23(25)30(45)49-31(46)33(35,36)37/h6-13,16-18,28,38,41H,5,14-15H2,1-4H3,(H,39,40,47). The first-order valence-corrected chi connectivity index (χ1v) is 15.2. The number of hydrazine groups is 1. The summed E-state index contributed by atoms with van der Waals surface area (Å²) < 4.78 is 65.3. The topological polar surface area (TPSA) is 143 Å². The lowest BCUT2D eigenvalue weighted by molar-refractivity contribution is -0.193. The van der Waals surface area contributed by atoms with Crippen molar-refractivity contribution in [2.24, 2.45) is 0 Å². The van der Waals surface area contributed by atoms with Crippen molar-refractivity contribution in [2.45, 2.75) is 32.5 Å². The number of benzene rings is 3. The van der Waals surface area contributed by atoms with Crippen LogP contribution in [0.4, 0.5) is 28.9 Å². The highest BCUT2D eigenvalue weighted by atomic mass is 19.4. The van der Waals surface area contributed by atoms with Gasteiger partial charge in [-0.15, -0.1) is 5.10 Å². The van der Waals surface area contributed by atoms with E-state index in [1.165, 1.54) is 18.2 Å². The summed E-state index contributed by atoms with van der Waals surface area (Å²) in [6, 6.07) is 13.9. The SMILES string of the molecule is CCc1cc(OCCN(C)C)c(F)c(C(Nc2ccc(N3C=C(C)ON3)cc2)c2nn(-c3ccccc3C(=O)OC(=O)C(F)(F)F)c(=O)[nH]2)c1. The Morgan fingerprint density at radius 3 is 2.46 bits per heavy atom. The minimum atomic E-state index is -5.43. The molecule has 3 N–H and O–H groups in total. The molecule has 0 fully saturated rings. The normalized spacial score (nSPS) is 13.5. The maximum absolute atomic E-state index is 16.3. The van der Waals surface area contributed by atoms with Crippen molar-refractivity contribution >= 4 is 23.3 Å². The quantitative estimate of drug-likeness (QED) is 0.107. The highest BCUT2D eigenvalue weighted by Gasteiger charge is 2.43. The molecule has 13 nitrogen and oxygen atoms in total. The Balaban J connectivity index is 1.57. The number of alkyl halides is 3. The Hall–Kier alpha value is -5.68. The fourth-order valence-corrected chi connectivity index (χ4v) is 4.86. The molecule has 1 aromatic heterocycles. The molecule has 0 saturated heterocycles. The van der Waals surface area contributed by atoms with E-state index in [0.29, 0.717) is 34.8 Å². The number of aryl methyl sites for hydroxylation is 1. The van der Waals surface area contributed by atoms with E-state index in [2.05, 4.69) is 25.7 Å². The van der Waals surface area contributed by atoms with E-state index in [0.717, 1.165) is 11.6 Å². The first kappa shape index (κ1) is 35.6. The number of esters is 2. The molecule has 0 bridgehead atoms. The number of allylic oxidation sites excluding steroid dienone is 1. The van der Waals surface area contributed by atoms with Crippen molar-refractivity contribution in [1.82, 2.24) is 25.3 Å². The van der Waals surface area contributed by atoms with Crippen LogP contribution in [0.25, 0.3) is 5.69 Å². The molecule has 2 heterocycles. The van der Waals surface area contributed by atoms with Gasteiger partial charge in [0.25, 0.3) is 0 Å². The van der Waals surface area contributed by atoms with Gasteiger partial charge in [0.15, 0.2) is 17.4 Å². The second-order valence-electron chi connectivity index (χ2n) is 11.3. The van der Waals surface area contributed by atoms with Gasteiger partial charge in [-0.3, -0.25) is 4.98 Å². The van der Waals surface area contributed by atoms with E-state index in [1.54, 1.807) is 54.5 Å². The number of para-hydroxylation sites is 1. The number of halogens is 4. The first-order chi connectivity index (χ1) is 23.7. The maximum Gasteiger partial charge on any atom is 0.491 e. The van der Waals surface area contributed by atoms with Gasteiger partial charge in [-0.25, -0.2) is 23.8 Å². The zero-order valence-corrected chi connectivity index (χ0v) is 27.3. The van der Waals surface area contributed by atoms with Gasteiger partial charge >= 0.3 is 23.8 Å². The lowest BCUT2D eigenvalue weighted by Gasteiger charge is -2.22. The van der Waals surface area contributed by atoms with Gasteiger partial charge in [-0.1, -0.05) is 30.7 Å². The average molecular weight is 700 g/mol. The van der Waals surface area contributed by atoms with Crippen molar-refractivity contribution in [1.29, 1.82) is 0 Å². The molecule has 5 rings (SSSR count). The fraction of sp³-hybridized carbons (Fsp3) is 0.273. The molecule has 1 aliphatic heterocycles. The van der Waals surface area contributed by atoms with Gasteiger partial charge in [0.2, 0.25) is 0 Å². The van der Waals surface area contributed by atoms with Crippen LogP contribution in [0.15, 0.2) is 77.4 Å². The van der Waals surface area contributed by atoms with Crippen LogP contribution in [0.5, 0.6) is 5.75 Å². The van der Waals surface area contributed by atoms with Gasteiger partial charge in [0.1, 0.15) is 18.4 Å². The number of carbonyl (C=O) groups excluding carboxylic acids is 2. The molecule has 0 amide bonds. The van der Waals surface area contributed by atoms with Crippen molar-refractivity contribution in [2.75, 3.05) is 37.6 Å². The van der Waals surface area contributed by atoms with E-state index in [4.69, 9.17) is 9.57 Å². The molecular weight excluding hydrogens is 666 g/mol. The number of nitrogens with zero attached hydrogens (tertiary/aromatic N) is 4. The zero-order chi connectivity index (χ0) is 36.2. The number of aromatic amines is 1. The number of carbonyl (C=O) groups is 2. The minimum absolute atomic E-state index is 0.0187. The van der Waals surface area contributed by atoms with Gasteiger partial charge in [0, 0.05) is 17.8 Å². The number of nitrogens with one attached hydrogen (secondary N) is 3. The second-order valence-corrected chi connectivity index (χ2v) is 11.3. The van der Waals surface area contributed by atoms with E-state index < -0.39 is 41.2 Å². The highest BCUT2D eigenvalue weighted by molar-refractivity contribution is 6.00. The first-order valence-electron chi connectivity index (χ1n) is 15.2. The third kappa shape index (κ3) is 8.12. The smallest absolute Gasteiger partial charge is 0.489 e. The van der Waals surface area contributed by atoms with E-state index >= 15 is 4.39 Å². The zero-order valence-electron chi connectivity index (χ0n) is 27.3. The number of rotatable bonds is 12. The van der Waals surface area contributed by atoms with Crippen molar-refractivity contribution < 1.29 is 41.5 Å². The van der Waals surface area contributed by atoms with Crippen molar-refractivity contribution in [3.05, 3.63) is 111 Å². The Morgan fingerprint density at radius 2 is 1.82 bits per heavy atom. The van der Waals surface area contributed by atoms with Gasteiger partial charge in [-0.05, 0) is 75.5 Å². The van der Waals surface area contributed by atoms with Crippen molar-refractivity contribution in [3.63, 3.8) is 0 Å². The third-order valence-electron chi connectivity index (χ3n) is 7.39. The summed E-state index contributed by atoms with van der Waals surface area (Å²) in [6.45, 7) is 4.35. The number of aromatic nitrogens is 3. The monoisotopic (exact) mass is 699 g/mol. The summed E-state index contributed by atoms with van der Waals surface area (Å²) >= 11 is 0. The highest BCUT2D eigenvalue weighted by Crippen LogP contribution is 2.33. The van der Waals surface area contributed by atoms with Crippen LogP contribution in [-0.2, 0) is 20.8 Å². The molecule has 0 radical (unpaired) electrons. The lowest BCUT2D eigenvalue weighted by Crippen LogP contribution is -2.29. The van der Waals surface area contributed by atoms with Crippen LogP contribution in [0, 0.1) is 5.82 Å². The van der Waals surface area contributed by atoms with E-state index in [-0.39, 0.29) is 29.4 Å². The molecule has 17 heteroatoms. The van der Waals surface area contributed by atoms with Gasteiger partial charge in [-0.2, -0.15) is 17.9 Å². The summed E-state index contributed by atoms with van der Waals surface area (Å²) in [4.78, 5) is 47.1. The summed E-state index contributed by atoms with van der Waals surface area (Å²) in [6.07, 6.45) is -3.19. The largest absolute Gasteiger partial charge is 0.491 e. The molecule has 4 aromatic rings. The Bertz CT molecular complexity index is 1960. The molecule has 1 atom stereocenters. The van der Waals surface area contributed by atoms with Crippen LogP contribution in [-0.4, -0.2) is 65.0 Å². The molecule has 1 unspecified atom stereocenters. The van der Waals surface area contributed by atoms with E-state index in [9.17, 15) is 27.6 Å². The van der Waals surface area contributed by atoms with Crippen molar-refractivity contribution in [3.8, 4) is 11.4 Å². The number of H-pyrrole nitrogens is 1. The van der Waals surface area contributed by atoms with Crippen LogP contribution in [0.3, 0.4) is 0 Å². The third-order valence-corrected chi connectivity index (χ3v) is 7.39. The number of likely N-dealkylation sites (N-methyl/N-ethyl adjacent to an activating group) is 1. The Morgan fingerprint density at radius 1 is 1.10 bits per heavy atom. The number of hydrogen-bond acceptors (Lipinski definition) is 11. The predicted octanol–water partition coefficient (Wildman–Crippen LogP) is 4.77. The second kappa shape index (κ2) is 14.8. The van der Waals surface area contributed by atoms with Gasteiger partial charge < -0.3 is 24.5 Å². The van der Waals surface area contributed by atoms with E-state index in [1.807, 2.05) is 25.9 Å². The fourth-order valence-electron chi connectivity index (χ4n) is 4.86. The molecule has 0 spiro atoms. The summed E-state index contributed by atoms with van der Waals surface area (Å²) in [5.74, 6) is -4.60. The van der Waals surface area contributed by atoms with Crippen LogP contribution in [0.1, 0.15) is 47.2 Å².